The fourth-order valence-corrected chi connectivity index (χ4v) is 1.03. The summed E-state index contributed by atoms with van der Waals surface area (Å²) in [6, 6.07) is 0. The zero-order valence-electron chi connectivity index (χ0n) is 8.41. The van der Waals surface area contributed by atoms with Crippen LogP contribution in [0.4, 0.5) is 5.95 Å². The molecule has 4 nitrogen and oxygen atoms in total. The van der Waals surface area contributed by atoms with Gasteiger partial charge in [-0.15, -0.1) is 0 Å². The molecule has 0 bridgehead atoms. The number of aliphatic hydroxyl groups is 1. The third-order valence-electron chi connectivity index (χ3n) is 1.74. The van der Waals surface area contributed by atoms with Crippen LogP contribution < -0.4 is 5.32 Å². The number of hydrogen-bond acceptors (Lipinski definition) is 3. The van der Waals surface area contributed by atoms with E-state index in [1.54, 1.807) is 20.0 Å². The number of nitrogens with one attached hydrogen (secondary N) is 1. The lowest BCUT2D eigenvalue weighted by molar-refractivity contribution is 0.0942. The van der Waals surface area contributed by atoms with Crippen LogP contribution in [-0.4, -0.2) is 26.8 Å². The predicted molar refractivity (Wildman–Crippen MR) is 52.7 cm³/mol. The minimum atomic E-state index is -0.704. The molecule has 0 atom stereocenters. The van der Waals surface area contributed by atoms with E-state index < -0.39 is 5.60 Å². The average Bonchev–Trinajstić information content (AvgIpc) is 2.46. The molecule has 1 aromatic heterocycles. The minimum Gasteiger partial charge on any atom is -0.389 e. The van der Waals surface area contributed by atoms with Gasteiger partial charge in [-0.1, -0.05) is 0 Å². The normalized spacial score (nSPS) is 11.7. The van der Waals surface area contributed by atoms with E-state index >= 15 is 0 Å². The Labute approximate surface area is 78.6 Å². The highest BCUT2D eigenvalue weighted by atomic mass is 16.3. The first-order valence-electron chi connectivity index (χ1n) is 4.50. The van der Waals surface area contributed by atoms with Crippen LogP contribution in [0.2, 0.25) is 0 Å². The van der Waals surface area contributed by atoms with Crippen molar-refractivity contribution in [3.8, 4) is 0 Å². The summed E-state index contributed by atoms with van der Waals surface area (Å²) in [6.07, 6.45) is 3.66. The number of imidazole rings is 1. The van der Waals surface area contributed by atoms with Crippen molar-refractivity contribution in [2.45, 2.75) is 32.9 Å². The summed E-state index contributed by atoms with van der Waals surface area (Å²) in [5.41, 5.74) is -0.704. The van der Waals surface area contributed by atoms with Gasteiger partial charge >= 0.3 is 0 Å². The molecule has 0 saturated carbocycles. The number of aromatic nitrogens is 2. The van der Waals surface area contributed by atoms with Crippen LogP contribution in [0, 0.1) is 0 Å². The molecule has 0 saturated heterocycles. The van der Waals surface area contributed by atoms with Gasteiger partial charge in [-0.3, -0.25) is 0 Å². The summed E-state index contributed by atoms with van der Waals surface area (Å²) in [4.78, 5) is 4.13. The number of anilines is 1. The number of hydrogen-bond donors (Lipinski definition) is 2. The van der Waals surface area contributed by atoms with Crippen LogP contribution in [0.1, 0.15) is 20.8 Å². The maximum atomic E-state index is 9.48. The van der Waals surface area contributed by atoms with E-state index in [1.807, 2.05) is 10.8 Å². The molecule has 0 aliphatic rings. The van der Waals surface area contributed by atoms with Gasteiger partial charge in [0.15, 0.2) is 0 Å². The van der Waals surface area contributed by atoms with Crippen molar-refractivity contribution in [2.24, 2.45) is 0 Å². The van der Waals surface area contributed by atoms with Crippen LogP contribution >= 0.6 is 0 Å². The van der Waals surface area contributed by atoms with E-state index in [9.17, 15) is 5.11 Å². The first-order chi connectivity index (χ1) is 6.03. The van der Waals surface area contributed by atoms with E-state index in [2.05, 4.69) is 17.2 Å². The predicted octanol–water partition coefficient (Wildman–Crippen LogP) is 1.09. The quantitative estimate of drug-likeness (QED) is 0.734. The zero-order valence-corrected chi connectivity index (χ0v) is 8.41. The molecule has 1 heterocycles. The molecule has 74 valence electrons. The molecule has 1 aromatic rings. The van der Waals surface area contributed by atoms with Crippen molar-refractivity contribution < 1.29 is 5.11 Å². The largest absolute Gasteiger partial charge is 0.389 e. The third-order valence-corrected chi connectivity index (χ3v) is 1.74. The highest BCUT2D eigenvalue weighted by molar-refractivity contribution is 5.26. The first-order valence-corrected chi connectivity index (χ1v) is 4.50. The van der Waals surface area contributed by atoms with Crippen molar-refractivity contribution in [1.29, 1.82) is 0 Å². The van der Waals surface area contributed by atoms with Gasteiger partial charge in [-0.05, 0) is 20.8 Å². The van der Waals surface area contributed by atoms with Gasteiger partial charge in [0.25, 0.3) is 0 Å². The Morgan fingerprint density at radius 2 is 2.31 bits per heavy atom. The summed E-state index contributed by atoms with van der Waals surface area (Å²) in [7, 11) is 0. The standard InChI is InChI=1S/C9H17N3O/c1-4-12-6-5-10-8(12)11-7-9(2,3)13/h5-6,13H,4,7H2,1-3H3,(H,10,11). The third kappa shape index (κ3) is 3.06. The van der Waals surface area contributed by atoms with Gasteiger partial charge in [0, 0.05) is 25.5 Å². The molecule has 0 amide bonds. The Kier molecular flexibility index (Phi) is 2.93. The molecule has 1 rings (SSSR count). The molecule has 0 radical (unpaired) electrons. The topological polar surface area (TPSA) is 50.1 Å². The molecule has 0 fully saturated rings. The molecule has 13 heavy (non-hydrogen) atoms. The van der Waals surface area contributed by atoms with Crippen molar-refractivity contribution in [1.82, 2.24) is 9.55 Å². The molecular weight excluding hydrogens is 166 g/mol. The van der Waals surface area contributed by atoms with Crippen molar-refractivity contribution in [3.63, 3.8) is 0 Å². The lowest BCUT2D eigenvalue weighted by atomic mass is 10.1. The Morgan fingerprint density at radius 1 is 1.62 bits per heavy atom. The maximum absolute atomic E-state index is 9.48. The van der Waals surface area contributed by atoms with E-state index in [1.165, 1.54) is 0 Å². The molecule has 0 aliphatic heterocycles. The van der Waals surface area contributed by atoms with Crippen LogP contribution in [0.3, 0.4) is 0 Å². The van der Waals surface area contributed by atoms with Crippen molar-refractivity contribution >= 4 is 5.95 Å². The second-order valence-electron chi connectivity index (χ2n) is 3.70. The van der Waals surface area contributed by atoms with Gasteiger partial charge in [0.05, 0.1) is 5.60 Å². The van der Waals surface area contributed by atoms with Gasteiger partial charge in [0.2, 0.25) is 5.95 Å². The second-order valence-corrected chi connectivity index (χ2v) is 3.70. The minimum absolute atomic E-state index is 0.504. The highest BCUT2D eigenvalue weighted by Gasteiger charge is 2.12. The lowest BCUT2D eigenvalue weighted by Gasteiger charge is -2.18. The fourth-order valence-electron chi connectivity index (χ4n) is 1.03. The Hall–Kier alpha value is -1.03. The molecule has 0 unspecified atom stereocenters. The highest BCUT2D eigenvalue weighted by Crippen LogP contribution is 2.06. The second kappa shape index (κ2) is 3.79. The van der Waals surface area contributed by atoms with E-state index in [0.29, 0.717) is 6.54 Å². The van der Waals surface area contributed by atoms with E-state index in [4.69, 9.17) is 0 Å². The molecule has 4 heteroatoms. The number of rotatable bonds is 4. The molecule has 2 N–H and O–H groups in total. The number of nitrogens with zero attached hydrogens (tertiary/aromatic N) is 2. The van der Waals surface area contributed by atoms with Gasteiger partial charge < -0.3 is 15.0 Å². The molecular formula is C9H17N3O. The Bertz CT molecular complexity index is 262. The van der Waals surface area contributed by atoms with Gasteiger partial charge in [-0.2, -0.15) is 0 Å². The summed E-state index contributed by atoms with van der Waals surface area (Å²) >= 11 is 0. The van der Waals surface area contributed by atoms with Crippen molar-refractivity contribution in [3.05, 3.63) is 12.4 Å². The maximum Gasteiger partial charge on any atom is 0.202 e. The summed E-state index contributed by atoms with van der Waals surface area (Å²) in [5.74, 6) is 0.810. The van der Waals surface area contributed by atoms with Crippen LogP contribution in [0.25, 0.3) is 0 Å². The summed E-state index contributed by atoms with van der Waals surface area (Å²) in [6.45, 7) is 6.97. The molecule has 0 aromatic carbocycles. The first kappa shape index (κ1) is 10.1. The number of aryl methyl sites for hydroxylation is 1. The fraction of sp³-hybridized carbons (Fsp3) is 0.667. The van der Waals surface area contributed by atoms with Crippen LogP contribution in [0.5, 0.6) is 0 Å². The molecule has 0 aliphatic carbocycles. The Morgan fingerprint density at radius 3 is 2.85 bits per heavy atom. The summed E-state index contributed by atoms with van der Waals surface area (Å²) < 4.78 is 1.99. The average molecular weight is 183 g/mol. The van der Waals surface area contributed by atoms with Crippen LogP contribution in [0.15, 0.2) is 12.4 Å². The monoisotopic (exact) mass is 183 g/mol. The van der Waals surface area contributed by atoms with E-state index in [0.717, 1.165) is 12.5 Å². The smallest absolute Gasteiger partial charge is 0.202 e. The van der Waals surface area contributed by atoms with Crippen LogP contribution in [-0.2, 0) is 6.54 Å². The summed E-state index contributed by atoms with van der Waals surface area (Å²) in [5, 5.41) is 12.6. The van der Waals surface area contributed by atoms with E-state index in [-0.39, 0.29) is 0 Å². The zero-order chi connectivity index (χ0) is 9.90. The Balaban J connectivity index is 2.54. The van der Waals surface area contributed by atoms with Gasteiger partial charge in [0.1, 0.15) is 0 Å². The SMILES string of the molecule is CCn1ccnc1NCC(C)(C)O. The lowest BCUT2D eigenvalue weighted by Crippen LogP contribution is -2.30. The van der Waals surface area contributed by atoms with Crippen molar-refractivity contribution in [2.75, 3.05) is 11.9 Å². The van der Waals surface area contributed by atoms with Gasteiger partial charge in [-0.25, -0.2) is 4.98 Å². The molecule has 0 spiro atoms.